The van der Waals surface area contributed by atoms with Crippen molar-refractivity contribution in [1.82, 2.24) is 14.5 Å². The molecule has 3 N–H and O–H groups in total. The number of nitrogen functional groups attached to an aromatic ring is 1. The van der Waals surface area contributed by atoms with Crippen molar-refractivity contribution >= 4 is 5.82 Å². The summed E-state index contributed by atoms with van der Waals surface area (Å²) in [5, 5.41) is 0. The number of pyridine rings is 1. The zero-order chi connectivity index (χ0) is 13.1. The molecular formula is C12H14N4O2. The molecule has 2 aromatic heterocycles. The van der Waals surface area contributed by atoms with Crippen LogP contribution in [0.5, 0.6) is 0 Å². The molecule has 0 aliphatic heterocycles. The molecule has 2 aromatic rings. The second-order valence-electron chi connectivity index (χ2n) is 3.99. The maximum absolute atomic E-state index is 11.6. The number of nitrogens with two attached hydrogens (primary N) is 1. The molecular weight excluding hydrogens is 232 g/mol. The van der Waals surface area contributed by atoms with Crippen LogP contribution in [0.4, 0.5) is 5.82 Å². The van der Waals surface area contributed by atoms with Gasteiger partial charge in [0.05, 0.1) is 6.54 Å². The molecule has 0 saturated heterocycles. The van der Waals surface area contributed by atoms with E-state index in [-0.39, 0.29) is 5.56 Å². The Morgan fingerprint density at radius 2 is 2.17 bits per heavy atom. The van der Waals surface area contributed by atoms with Crippen molar-refractivity contribution in [2.75, 3.05) is 5.73 Å². The fraction of sp³-hybridized carbons (Fsp3) is 0.250. The average Bonchev–Trinajstić information content (AvgIpc) is 2.35. The molecule has 0 bridgehead atoms. The largest absolute Gasteiger partial charge is 0.384 e. The van der Waals surface area contributed by atoms with Gasteiger partial charge in [0, 0.05) is 18.0 Å². The van der Waals surface area contributed by atoms with Gasteiger partial charge in [-0.25, -0.2) is 9.78 Å². The summed E-state index contributed by atoms with van der Waals surface area (Å²) in [5.41, 5.74) is 6.17. The maximum Gasteiger partial charge on any atom is 0.328 e. The monoisotopic (exact) mass is 246 g/mol. The van der Waals surface area contributed by atoms with Crippen LogP contribution >= 0.6 is 0 Å². The summed E-state index contributed by atoms with van der Waals surface area (Å²) < 4.78 is 1.45. The molecule has 2 rings (SSSR count). The number of H-pyrrole nitrogens is 1. The zero-order valence-electron chi connectivity index (χ0n) is 10.0. The second kappa shape index (κ2) is 4.87. The van der Waals surface area contributed by atoms with Crippen molar-refractivity contribution in [3.8, 4) is 0 Å². The minimum atomic E-state index is -0.422. The van der Waals surface area contributed by atoms with Crippen LogP contribution in [-0.4, -0.2) is 14.5 Å². The predicted molar refractivity (Wildman–Crippen MR) is 68.5 cm³/mol. The highest BCUT2D eigenvalue weighted by Gasteiger charge is 2.04. The highest BCUT2D eigenvalue weighted by Crippen LogP contribution is 2.02. The molecule has 0 fully saturated rings. The zero-order valence-corrected chi connectivity index (χ0v) is 10.0. The topological polar surface area (TPSA) is 93.8 Å². The first-order valence-corrected chi connectivity index (χ1v) is 5.63. The van der Waals surface area contributed by atoms with Gasteiger partial charge in [-0.05, 0) is 18.1 Å². The van der Waals surface area contributed by atoms with E-state index < -0.39 is 5.69 Å². The molecule has 0 aliphatic carbocycles. The molecule has 6 heteroatoms. The van der Waals surface area contributed by atoms with Crippen LogP contribution in [0.3, 0.4) is 0 Å². The van der Waals surface area contributed by atoms with Crippen molar-refractivity contribution in [3.05, 3.63) is 56.5 Å². The Hall–Kier alpha value is -2.37. The Labute approximate surface area is 103 Å². The van der Waals surface area contributed by atoms with E-state index in [0.29, 0.717) is 24.3 Å². The van der Waals surface area contributed by atoms with Crippen LogP contribution in [0.15, 0.2) is 34.1 Å². The lowest BCUT2D eigenvalue weighted by Gasteiger charge is -2.06. The summed E-state index contributed by atoms with van der Waals surface area (Å²) in [6, 6.07) is 3.47. The Kier molecular flexibility index (Phi) is 3.27. The lowest BCUT2D eigenvalue weighted by Crippen LogP contribution is -2.31. The van der Waals surface area contributed by atoms with Gasteiger partial charge in [0.2, 0.25) is 0 Å². The van der Waals surface area contributed by atoms with Crippen LogP contribution in [0.1, 0.15) is 18.1 Å². The smallest absolute Gasteiger partial charge is 0.328 e. The number of aromatic nitrogens is 3. The summed E-state index contributed by atoms with van der Waals surface area (Å²) in [6.07, 6.45) is 3.77. The first-order chi connectivity index (χ1) is 8.60. The number of anilines is 1. The standard InChI is InChI=1S/C12H14N4O2/c1-2-9-7-16(12(18)15-11(9)17)6-8-3-4-10(13)14-5-8/h3-5,7H,2,6H2,1H3,(H2,13,14)(H,15,17,18). The summed E-state index contributed by atoms with van der Waals surface area (Å²) in [5.74, 6) is 0.432. The third-order valence-corrected chi connectivity index (χ3v) is 2.67. The Balaban J connectivity index is 2.37. The average molecular weight is 246 g/mol. The summed E-state index contributed by atoms with van der Waals surface area (Å²) >= 11 is 0. The molecule has 0 amide bonds. The fourth-order valence-corrected chi connectivity index (χ4v) is 1.65. The van der Waals surface area contributed by atoms with Crippen molar-refractivity contribution < 1.29 is 0 Å². The van der Waals surface area contributed by atoms with E-state index in [1.165, 1.54) is 4.57 Å². The lowest BCUT2D eigenvalue weighted by atomic mass is 10.2. The van der Waals surface area contributed by atoms with Gasteiger partial charge in [0.15, 0.2) is 0 Å². The molecule has 0 saturated carbocycles. The molecule has 0 spiro atoms. The molecule has 0 aromatic carbocycles. The lowest BCUT2D eigenvalue weighted by molar-refractivity contribution is 0.706. The molecule has 94 valence electrons. The Morgan fingerprint density at radius 1 is 1.39 bits per heavy atom. The SMILES string of the molecule is CCc1cn(Cc2ccc(N)nc2)c(=O)[nH]c1=O. The van der Waals surface area contributed by atoms with Crippen LogP contribution in [0, 0.1) is 0 Å². The molecule has 18 heavy (non-hydrogen) atoms. The van der Waals surface area contributed by atoms with Crippen molar-refractivity contribution in [2.24, 2.45) is 0 Å². The number of hydrogen-bond donors (Lipinski definition) is 2. The minimum Gasteiger partial charge on any atom is -0.384 e. The fourth-order valence-electron chi connectivity index (χ4n) is 1.65. The number of aromatic amines is 1. The van der Waals surface area contributed by atoms with E-state index in [2.05, 4.69) is 9.97 Å². The van der Waals surface area contributed by atoms with Crippen LogP contribution in [0.25, 0.3) is 0 Å². The van der Waals surface area contributed by atoms with Gasteiger partial charge in [-0.15, -0.1) is 0 Å². The van der Waals surface area contributed by atoms with E-state index >= 15 is 0 Å². The van der Waals surface area contributed by atoms with Gasteiger partial charge < -0.3 is 5.73 Å². The van der Waals surface area contributed by atoms with E-state index in [9.17, 15) is 9.59 Å². The molecule has 2 heterocycles. The van der Waals surface area contributed by atoms with Crippen LogP contribution in [-0.2, 0) is 13.0 Å². The van der Waals surface area contributed by atoms with Gasteiger partial charge in [0.25, 0.3) is 5.56 Å². The van der Waals surface area contributed by atoms with Gasteiger partial charge >= 0.3 is 5.69 Å². The van der Waals surface area contributed by atoms with E-state index in [1.807, 2.05) is 6.92 Å². The van der Waals surface area contributed by atoms with E-state index in [1.54, 1.807) is 24.5 Å². The molecule has 0 aliphatic rings. The van der Waals surface area contributed by atoms with Gasteiger partial charge in [-0.1, -0.05) is 13.0 Å². The van der Waals surface area contributed by atoms with Gasteiger partial charge in [0.1, 0.15) is 5.82 Å². The molecule has 0 radical (unpaired) electrons. The summed E-state index contributed by atoms with van der Waals surface area (Å²) in [4.78, 5) is 29.3. The van der Waals surface area contributed by atoms with Gasteiger partial charge in [-0.3, -0.25) is 14.3 Å². The number of nitrogens with one attached hydrogen (secondary N) is 1. The highest BCUT2D eigenvalue weighted by atomic mass is 16.2. The number of aryl methyl sites for hydroxylation is 1. The first kappa shape index (κ1) is 12.1. The maximum atomic E-state index is 11.6. The second-order valence-corrected chi connectivity index (χ2v) is 3.99. The van der Waals surface area contributed by atoms with Crippen LogP contribution < -0.4 is 17.0 Å². The van der Waals surface area contributed by atoms with Crippen LogP contribution in [0.2, 0.25) is 0 Å². The number of nitrogens with zero attached hydrogens (tertiary/aromatic N) is 2. The first-order valence-electron chi connectivity index (χ1n) is 5.63. The summed E-state index contributed by atoms with van der Waals surface area (Å²) in [6.45, 7) is 2.22. The van der Waals surface area contributed by atoms with E-state index in [0.717, 1.165) is 5.56 Å². The normalized spacial score (nSPS) is 10.5. The molecule has 6 nitrogen and oxygen atoms in total. The Bertz CT molecular complexity index is 655. The van der Waals surface area contributed by atoms with Crippen molar-refractivity contribution in [3.63, 3.8) is 0 Å². The molecule has 0 atom stereocenters. The Morgan fingerprint density at radius 3 is 2.78 bits per heavy atom. The highest BCUT2D eigenvalue weighted by molar-refractivity contribution is 5.29. The summed E-state index contributed by atoms with van der Waals surface area (Å²) in [7, 11) is 0. The minimum absolute atomic E-state index is 0.325. The van der Waals surface area contributed by atoms with E-state index in [4.69, 9.17) is 5.73 Å². The van der Waals surface area contributed by atoms with Crippen molar-refractivity contribution in [1.29, 1.82) is 0 Å². The van der Waals surface area contributed by atoms with Gasteiger partial charge in [-0.2, -0.15) is 0 Å². The third kappa shape index (κ3) is 2.48. The number of hydrogen-bond acceptors (Lipinski definition) is 4. The predicted octanol–water partition coefficient (Wildman–Crippen LogP) is 0.124. The quantitative estimate of drug-likeness (QED) is 0.804. The number of rotatable bonds is 3. The van der Waals surface area contributed by atoms with Crippen molar-refractivity contribution in [2.45, 2.75) is 19.9 Å². The molecule has 0 unspecified atom stereocenters. The third-order valence-electron chi connectivity index (χ3n) is 2.67.